The van der Waals surface area contributed by atoms with Gasteiger partial charge in [-0.15, -0.1) is 0 Å². The van der Waals surface area contributed by atoms with Crippen LogP contribution in [0.4, 0.5) is 11.4 Å². The van der Waals surface area contributed by atoms with E-state index >= 15 is 0 Å². The molecule has 0 radical (unpaired) electrons. The van der Waals surface area contributed by atoms with Gasteiger partial charge in [0.1, 0.15) is 0 Å². The lowest BCUT2D eigenvalue weighted by atomic mass is 10.1. The second-order valence-corrected chi connectivity index (χ2v) is 6.56. The largest absolute Gasteiger partial charge is 0.372 e. The summed E-state index contributed by atoms with van der Waals surface area (Å²) in [5.74, 6) is -0.0864. The number of amides is 2. The normalized spacial score (nSPS) is 17.1. The van der Waals surface area contributed by atoms with Gasteiger partial charge < -0.3 is 14.7 Å². The van der Waals surface area contributed by atoms with Crippen LogP contribution < -0.4 is 9.80 Å². The highest BCUT2D eigenvalue weighted by atomic mass is 16.2. The first-order valence-electron chi connectivity index (χ1n) is 9.41. The summed E-state index contributed by atoms with van der Waals surface area (Å²) in [4.78, 5) is 31.0. The SMILES string of the molecule is CCN(CC)C(=O)C1CC(=O)N(c2ccc(N(CC)CC)cc2C)C1. The standard InChI is InChI=1S/C20H31N3O2/c1-6-21(7-2)17-10-11-18(15(5)12-17)23-14-16(13-19(23)24)20(25)22(8-3)9-4/h10-12,16H,6-9,13-14H2,1-5H3. The third kappa shape index (κ3) is 3.97. The van der Waals surface area contributed by atoms with Crippen LogP contribution in [0.15, 0.2) is 18.2 Å². The first kappa shape index (κ1) is 19.3. The molecular weight excluding hydrogens is 314 g/mol. The summed E-state index contributed by atoms with van der Waals surface area (Å²) in [6.45, 7) is 14.1. The van der Waals surface area contributed by atoms with E-state index in [4.69, 9.17) is 0 Å². The van der Waals surface area contributed by atoms with Crippen LogP contribution in [0.2, 0.25) is 0 Å². The van der Waals surface area contributed by atoms with Gasteiger partial charge in [-0.25, -0.2) is 0 Å². The summed E-state index contributed by atoms with van der Waals surface area (Å²) in [5.41, 5.74) is 3.18. The minimum Gasteiger partial charge on any atom is -0.372 e. The van der Waals surface area contributed by atoms with Gasteiger partial charge in [-0.2, -0.15) is 0 Å². The molecule has 1 aliphatic rings. The molecule has 1 fully saturated rings. The fourth-order valence-electron chi connectivity index (χ4n) is 3.63. The van der Waals surface area contributed by atoms with Gasteiger partial charge in [0.15, 0.2) is 0 Å². The zero-order chi connectivity index (χ0) is 18.6. The van der Waals surface area contributed by atoms with Crippen molar-refractivity contribution >= 4 is 23.2 Å². The molecule has 1 saturated heterocycles. The molecule has 1 atom stereocenters. The van der Waals surface area contributed by atoms with Gasteiger partial charge in [0.2, 0.25) is 11.8 Å². The molecular formula is C20H31N3O2. The van der Waals surface area contributed by atoms with Crippen LogP contribution in [0.3, 0.4) is 0 Å². The number of carbonyl (C=O) groups excluding carboxylic acids is 2. The van der Waals surface area contributed by atoms with Gasteiger partial charge in [-0.1, -0.05) is 0 Å². The molecule has 0 bridgehead atoms. The summed E-state index contributed by atoms with van der Waals surface area (Å²) in [5, 5.41) is 0. The van der Waals surface area contributed by atoms with Crippen LogP contribution >= 0.6 is 0 Å². The fraction of sp³-hybridized carbons (Fsp3) is 0.600. The van der Waals surface area contributed by atoms with Crippen LogP contribution in [0.25, 0.3) is 0 Å². The van der Waals surface area contributed by atoms with Crippen molar-refractivity contribution in [2.75, 3.05) is 42.5 Å². The molecule has 2 amide bonds. The minimum atomic E-state index is -0.228. The van der Waals surface area contributed by atoms with E-state index in [1.54, 1.807) is 4.90 Å². The topological polar surface area (TPSA) is 43.9 Å². The quantitative estimate of drug-likeness (QED) is 0.763. The zero-order valence-corrected chi connectivity index (χ0v) is 16.2. The molecule has 0 aliphatic carbocycles. The van der Waals surface area contributed by atoms with Crippen LogP contribution in [0.1, 0.15) is 39.7 Å². The molecule has 1 unspecified atom stereocenters. The molecule has 0 N–H and O–H groups in total. The lowest BCUT2D eigenvalue weighted by Gasteiger charge is -2.25. The molecule has 1 aliphatic heterocycles. The van der Waals surface area contributed by atoms with Crippen LogP contribution in [-0.4, -0.2) is 49.4 Å². The smallest absolute Gasteiger partial charge is 0.227 e. The van der Waals surface area contributed by atoms with Gasteiger partial charge in [-0.3, -0.25) is 9.59 Å². The van der Waals surface area contributed by atoms with E-state index in [1.807, 2.05) is 31.7 Å². The van der Waals surface area contributed by atoms with E-state index in [0.717, 1.165) is 24.3 Å². The van der Waals surface area contributed by atoms with E-state index in [1.165, 1.54) is 5.69 Å². The van der Waals surface area contributed by atoms with E-state index < -0.39 is 0 Å². The highest BCUT2D eigenvalue weighted by Crippen LogP contribution is 2.31. The average Bonchev–Trinajstić information content (AvgIpc) is 2.99. The number of nitrogens with zero attached hydrogens (tertiary/aromatic N) is 3. The van der Waals surface area contributed by atoms with Crippen LogP contribution in [-0.2, 0) is 9.59 Å². The maximum Gasteiger partial charge on any atom is 0.227 e. The average molecular weight is 345 g/mol. The molecule has 2 rings (SSSR count). The molecule has 5 nitrogen and oxygen atoms in total. The summed E-state index contributed by atoms with van der Waals surface area (Å²) in [6, 6.07) is 6.22. The number of rotatable bonds is 7. The van der Waals surface area contributed by atoms with Gasteiger partial charge in [0.25, 0.3) is 0 Å². The van der Waals surface area contributed by atoms with Gasteiger partial charge >= 0.3 is 0 Å². The Balaban J connectivity index is 2.19. The van der Waals surface area contributed by atoms with Crippen molar-refractivity contribution < 1.29 is 9.59 Å². The van der Waals surface area contributed by atoms with Crippen molar-refractivity contribution in [3.05, 3.63) is 23.8 Å². The van der Waals surface area contributed by atoms with Crippen molar-refractivity contribution in [2.45, 2.75) is 41.0 Å². The van der Waals surface area contributed by atoms with Crippen LogP contribution in [0.5, 0.6) is 0 Å². The van der Waals surface area contributed by atoms with E-state index in [-0.39, 0.29) is 17.7 Å². The summed E-state index contributed by atoms with van der Waals surface area (Å²) in [6.07, 6.45) is 0.312. The monoisotopic (exact) mass is 345 g/mol. The van der Waals surface area contributed by atoms with E-state index in [9.17, 15) is 9.59 Å². The van der Waals surface area contributed by atoms with E-state index in [2.05, 4.69) is 30.9 Å². The number of benzene rings is 1. The zero-order valence-electron chi connectivity index (χ0n) is 16.2. The summed E-state index contributed by atoms with van der Waals surface area (Å²) >= 11 is 0. The second kappa shape index (κ2) is 8.37. The Morgan fingerprint density at radius 3 is 2.28 bits per heavy atom. The molecule has 0 aromatic heterocycles. The molecule has 1 aromatic carbocycles. The summed E-state index contributed by atoms with van der Waals surface area (Å²) in [7, 11) is 0. The Bertz CT molecular complexity index is 621. The third-order valence-electron chi connectivity index (χ3n) is 5.15. The highest BCUT2D eigenvalue weighted by molar-refractivity contribution is 6.01. The first-order valence-corrected chi connectivity index (χ1v) is 9.41. The Morgan fingerprint density at radius 1 is 1.12 bits per heavy atom. The minimum absolute atomic E-state index is 0.0456. The Kier molecular flexibility index (Phi) is 6.45. The van der Waals surface area contributed by atoms with Crippen molar-refractivity contribution in [3.63, 3.8) is 0 Å². The van der Waals surface area contributed by atoms with Gasteiger partial charge in [0, 0.05) is 50.5 Å². The molecule has 1 aromatic rings. The Hall–Kier alpha value is -2.04. The maximum atomic E-state index is 12.6. The van der Waals surface area contributed by atoms with Crippen LogP contribution in [0, 0.1) is 12.8 Å². The molecule has 138 valence electrons. The molecule has 0 saturated carbocycles. The van der Waals surface area contributed by atoms with Crippen molar-refractivity contribution in [1.82, 2.24) is 4.90 Å². The van der Waals surface area contributed by atoms with Crippen molar-refractivity contribution in [2.24, 2.45) is 5.92 Å². The number of anilines is 2. The predicted octanol–water partition coefficient (Wildman–Crippen LogP) is 3.06. The second-order valence-electron chi connectivity index (χ2n) is 6.56. The van der Waals surface area contributed by atoms with Gasteiger partial charge in [-0.05, 0) is 58.4 Å². The van der Waals surface area contributed by atoms with Crippen molar-refractivity contribution in [1.29, 1.82) is 0 Å². The number of hydrogen-bond acceptors (Lipinski definition) is 3. The van der Waals surface area contributed by atoms with Crippen molar-refractivity contribution in [3.8, 4) is 0 Å². The molecule has 1 heterocycles. The highest BCUT2D eigenvalue weighted by Gasteiger charge is 2.37. The van der Waals surface area contributed by atoms with E-state index in [0.29, 0.717) is 26.1 Å². The fourth-order valence-corrected chi connectivity index (χ4v) is 3.63. The number of hydrogen-bond donors (Lipinski definition) is 0. The van der Waals surface area contributed by atoms with Gasteiger partial charge in [0.05, 0.1) is 5.92 Å². The predicted molar refractivity (Wildman–Crippen MR) is 103 cm³/mol. The molecule has 5 heteroatoms. The lowest BCUT2D eigenvalue weighted by Crippen LogP contribution is -2.37. The third-order valence-corrected chi connectivity index (χ3v) is 5.15. The number of carbonyl (C=O) groups is 2. The Labute approximate surface area is 151 Å². The molecule has 25 heavy (non-hydrogen) atoms. The lowest BCUT2D eigenvalue weighted by molar-refractivity contribution is -0.135. The molecule has 0 spiro atoms. The maximum absolute atomic E-state index is 12.6. The first-order chi connectivity index (χ1) is 12.0. The Morgan fingerprint density at radius 2 is 1.76 bits per heavy atom. The summed E-state index contributed by atoms with van der Waals surface area (Å²) < 4.78 is 0. The number of aryl methyl sites for hydroxylation is 1.